The van der Waals surface area contributed by atoms with E-state index in [0.717, 1.165) is 11.1 Å². The number of anilines is 3. The number of carbonyl (C=O) groups is 1. The average Bonchev–Trinajstić information content (AvgIpc) is 3.47. The zero-order chi connectivity index (χ0) is 25.2. The SMILES string of the molecule is C=CC(=O)Nc1cccc(Oc2cnc3[nH]cc(-c4cc(Nc5cnn(C)c5)c(=O)n(C)c4)c3n2)c1. The summed E-state index contributed by atoms with van der Waals surface area (Å²) in [5.41, 5.74) is 4.14. The number of amides is 1. The maximum absolute atomic E-state index is 12.7. The molecule has 5 rings (SSSR count). The number of fused-ring (bicyclic) bond motifs is 1. The molecule has 36 heavy (non-hydrogen) atoms. The highest BCUT2D eigenvalue weighted by Crippen LogP contribution is 2.30. The molecular weight excluding hydrogens is 460 g/mol. The molecule has 11 heteroatoms. The van der Waals surface area contributed by atoms with Gasteiger partial charge in [-0.2, -0.15) is 5.10 Å². The number of H-pyrrole nitrogens is 1. The van der Waals surface area contributed by atoms with Crippen LogP contribution in [-0.2, 0) is 18.9 Å². The van der Waals surface area contributed by atoms with Gasteiger partial charge in [-0.1, -0.05) is 12.6 Å². The lowest BCUT2D eigenvalue weighted by Crippen LogP contribution is -2.19. The summed E-state index contributed by atoms with van der Waals surface area (Å²) >= 11 is 0. The van der Waals surface area contributed by atoms with E-state index in [1.54, 1.807) is 73.9 Å². The van der Waals surface area contributed by atoms with Gasteiger partial charge in [-0.25, -0.2) is 9.97 Å². The van der Waals surface area contributed by atoms with E-state index in [9.17, 15) is 9.59 Å². The number of carbonyl (C=O) groups excluding carboxylic acids is 1. The van der Waals surface area contributed by atoms with Crippen LogP contribution in [0.2, 0.25) is 0 Å². The summed E-state index contributed by atoms with van der Waals surface area (Å²) in [7, 11) is 3.49. The molecule has 0 aliphatic rings. The Morgan fingerprint density at radius 2 is 2.03 bits per heavy atom. The van der Waals surface area contributed by atoms with E-state index in [2.05, 4.69) is 37.3 Å². The van der Waals surface area contributed by atoms with Crippen LogP contribution in [0.25, 0.3) is 22.3 Å². The first-order valence-electron chi connectivity index (χ1n) is 10.9. The summed E-state index contributed by atoms with van der Waals surface area (Å²) in [6.07, 6.45) is 9.65. The van der Waals surface area contributed by atoms with Gasteiger partial charge in [-0.05, 0) is 24.3 Å². The largest absolute Gasteiger partial charge is 0.437 e. The predicted octanol–water partition coefficient (Wildman–Crippen LogP) is 3.72. The molecule has 0 atom stereocenters. The molecule has 5 aromatic rings. The van der Waals surface area contributed by atoms with Crippen LogP contribution in [0.3, 0.4) is 0 Å². The van der Waals surface area contributed by atoms with Gasteiger partial charge < -0.3 is 24.9 Å². The second-order valence-corrected chi connectivity index (χ2v) is 8.02. The van der Waals surface area contributed by atoms with E-state index in [-0.39, 0.29) is 17.3 Å². The number of hydrogen-bond acceptors (Lipinski definition) is 7. The monoisotopic (exact) mass is 482 g/mol. The lowest BCUT2D eigenvalue weighted by atomic mass is 10.1. The van der Waals surface area contributed by atoms with Crippen LogP contribution in [0, 0.1) is 0 Å². The van der Waals surface area contributed by atoms with E-state index in [1.807, 2.05) is 0 Å². The Balaban J connectivity index is 1.48. The Hall–Kier alpha value is -5.19. The number of rotatable bonds is 7. The number of benzene rings is 1. The van der Waals surface area contributed by atoms with Gasteiger partial charge in [0.1, 0.15) is 17.0 Å². The molecule has 180 valence electrons. The van der Waals surface area contributed by atoms with Crippen molar-refractivity contribution in [1.82, 2.24) is 29.3 Å². The molecule has 0 fully saturated rings. The standard InChI is InChI=1S/C25H22N8O3/c1-4-21(34)30-16-6-5-7-18(9-16)36-22-12-27-24-23(31-22)19(11-26-24)15-8-20(25(35)32(2)13-15)29-17-10-28-33(3)14-17/h4-14,29H,1H2,2-3H3,(H,26,27)(H,30,34). The van der Waals surface area contributed by atoms with Crippen LogP contribution in [0.1, 0.15) is 0 Å². The summed E-state index contributed by atoms with van der Waals surface area (Å²) in [4.78, 5) is 36.5. The van der Waals surface area contributed by atoms with Crippen molar-refractivity contribution in [1.29, 1.82) is 0 Å². The molecule has 0 saturated carbocycles. The van der Waals surface area contributed by atoms with Crippen molar-refractivity contribution in [2.45, 2.75) is 0 Å². The third kappa shape index (κ3) is 4.57. The van der Waals surface area contributed by atoms with E-state index in [1.165, 1.54) is 16.8 Å². The Bertz CT molecular complexity index is 1660. The Kier molecular flexibility index (Phi) is 5.79. The van der Waals surface area contributed by atoms with Crippen LogP contribution in [0.15, 0.2) is 78.8 Å². The Labute approximate surface area is 205 Å². The highest BCUT2D eigenvalue weighted by molar-refractivity contribution is 5.99. The molecule has 0 bridgehead atoms. The first-order valence-corrected chi connectivity index (χ1v) is 10.9. The molecule has 0 spiro atoms. The third-order valence-electron chi connectivity index (χ3n) is 5.35. The topological polar surface area (TPSA) is 132 Å². The van der Waals surface area contributed by atoms with Gasteiger partial charge in [0.2, 0.25) is 11.8 Å². The second kappa shape index (κ2) is 9.22. The predicted molar refractivity (Wildman–Crippen MR) is 136 cm³/mol. The molecule has 0 aliphatic carbocycles. The Morgan fingerprint density at radius 3 is 2.81 bits per heavy atom. The number of aromatic amines is 1. The van der Waals surface area contributed by atoms with Crippen molar-refractivity contribution in [3.63, 3.8) is 0 Å². The molecule has 0 radical (unpaired) electrons. The van der Waals surface area contributed by atoms with Gasteiger partial charge in [0.15, 0.2) is 5.65 Å². The minimum Gasteiger partial charge on any atom is -0.437 e. The number of pyridine rings is 1. The van der Waals surface area contributed by atoms with Gasteiger partial charge in [0.05, 0.1) is 18.1 Å². The minimum atomic E-state index is -0.319. The zero-order valence-electron chi connectivity index (χ0n) is 19.5. The lowest BCUT2D eigenvalue weighted by molar-refractivity contribution is -0.111. The summed E-state index contributed by atoms with van der Waals surface area (Å²) < 4.78 is 9.06. The highest BCUT2D eigenvalue weighted by Gasteiger charge is 2.14. The second-order valence-electron chi connectivity index (χ2n) is 8.02. The normalized spacial score (nSPS) is 10.8. The fraction of sp³-hybridized carbons (Fsp3) is 0.0800. The average molecular weight is 483 g/mol. The molecule has 0 aliphatic heterocycles. The smallest absolute Gasteiger partial charge is 0.274 e. The molecule has 1 aromatic carbocycles. The number of hydrogen-bond donors (Lipinski definition) is 3. The molecule has 11 nitrogen and oxygen atoms in total. The maximum Gasteiger partial charge on any atom is 0.274 e. The van der Waals surface area contributed by atoms with Gasteiger partial charge in [0, 0.05) is 55.6 Å². The number of aryl methyl sites for hydroxylation is 2. The van der Waals surface area contributed by atoms with E-state index < -0.39 is 0 Å². The van der Waals surface area contributed by atoms with Crippen molar-refractivity contribution in [2.24, 2.45) is 14.1 Å². The molecule has 4 aromatic heterocycles. The molecule has 4 heterocycles. The zero-order valence-corrected chi connectivity index (χ0v) is 19.5. The van der Waals surface area contributed by atoms with Crippen molar-refractivity contribution in [2.75, 3.05) is 10.6 Å². The molecule has 3 N–H and O–H groups in total. The van der Waals surface area contributed by atoms with Crippen LogP contribution in [-0.4, -0.2) is 35.2 Å². The number of nitrogens with zero attached hydrogens (tertiary/aromatic N) is 5. The van der Waals surface area contributed by atoms with Crippen LogP contribution >= 0.6 is 0 Å². The highest BCUT2D eigenvalue weighted by atomic mass is 16.5. The Morgan fingerprint density at radius 1 is 1.17 bits per heavy atom. The van der Waals surface area contributed by atoms with Crippen molar-refractivity contribution in [3.05, 3.63) is 84.3 Å². The first-order chi connectivity index (χ1) is 17.4. The fourth-order valence-corrected chi connectivity index (χ4v) is 3.69. The van der Waals surface area contributed by atoms with Gasteiger partial charge in [-0.3, -0.25) is 14.3 Å². The van der Waals surface area contributed by atoms with Crippen LogP contribution in [0.5, 0.6) is 11.6 Å². The first kappa shape index (κ1) is 22.6. The quantitative estimate of drug-likeness (QED) is 0.301. The third-order valence-corrected chi connectivity index (χ3v) is 5.35. The van der Waals surface area contributed by atoms with Crippen LogP contribution < -0.4 is 20.9 Å². The lowest BCUT2D eigenvalue weighted by Gasteiger charge is -2.09. The molecule has 1 amide bonds. The minimum absolute atomic E-state index is 0.180. The molecule has 0 unspecified atom stereocenters. The van der Waals surface area contributed by atoms with Crippen molar-refractivity contribution < 1.29 is 9.53 Å². The molecule has 0 saturated heterocycles. The summed E-state index contributed by atoms with van der Waals surface area (Å²) in [6.45, 7) is 3.45. The van der Waals surface area contributed by atoms with Crippen LogP contribution in [0.4, 0.5) is 17.1 Å². The van der Waals surface area contributed by atoms with E-state index in [4.69, 9.17) is 4.74 Å². The van der Waals surface area contributed by atoms with Crippen molar-refractivity contribution in [3.8, 4) is 22.8 Å². The fourth-order valence-electron chi connectivity index (χ4n) is 3.69. The van der Waals surface area contributed by atoms with Gasteiger partial charge in [-0.15, -0.1) is 0 Å². The van der Waals surface area contributed by atoms with E-state index in [0.29, 0.717) is 34.0 Å². The maximum atomic E-state index is 12.7. The summed E-state index contributed by atoms with van der Waals surface area (Å²) in [5.74, 6) is 0.432. The summed E-state index contributed by atoms with van der Waals surface area (Å²) in [5, 5.41) is 9.95. The number of nitrogens with one attached hydrogen (secondary N) is 3. The molecular formula is C25H22N8O3. The number of ether oxygens (including phenoxy) is 1. The van der Waals surface area contributed by atoms with E-state index >= 15 is 0 Å². The summed E-state index contributed by atoms with van der Waals surface area (Å²) in [6, 6.07) is 8.68. The van der Waals surface area contributed by atoms with Crippen molar-refractivity contribution >= 4 is 34.1 Å². The van der Waals surface area contributed by atoms with Gasteiger partial charge in [0.25, 0.3) is 5.56 Å². The number of aromatic nitrogens is 6. The van der Waals surface area contributed by atoms with Gasteiger partial charge >= 0.3 is 0 Å².